The zero-order valence-corrected chi connectivity index (χ0v) is 11.2. The fraction of sp³-hybridized carbons (Fsp3) is 0.462. The van der Waals surface area contributed by atoms with Crippen LogP contribution in [0.2, 0.25) is 0 Å². The molecule has 3 N–H and O–H groups in total. The molecule has 1 aromatic carbocycles. The average Bonchev–Trinajstić information content (AvgIpc) is 2.25. The van der Waals surface area contributed by atoms with Crippen molar-refractivity contribution in [3.05, 3.63) is 29.8 Å². The molecule has 0 heterocycles. The lowest BCUT2D eigenvalue weighted by Crippen LogP contribution is -2.38. The van der Waals surface area contributed by atoms with Crippen LogP contribution in [0, 0.1) is 0 Å². The van der Waals surface area contributed by atoms with E-state index in [2.05, 4.69) is 5.32 Å². The summed E-state index contributed by atoms with van der Waals surface area (Å²) in [7, 11) is 0. The number of amides is 1. The van der Waals surface area contributed by atoms with Crippen LogP contribution < -0.4 is 11.1 Å². The number of anilines is 1. The molecule has 0 aliphatic rings. The van der Waals surface area contributed by atoms with Gasteiger partial charge in [-0.3, -0.25) is 0 Å². The number of hydrogen-bond acceptors (Lipinski definition) is 3. The van der Waals surface area contributed by atoms with Gasteiger partial charge >= 0.3 is 6.09 Å². The first-order valence-corrected chi connectivity index (χ1v) is 5.81. The van der Waals surface area contributed by atoms with Gasteiger partial charge < -0.3 is 15.8 Å². The maximum atomic E-state index is 13.8. The van der Waals surface area contributed by atoms with Crippen LogP contribution in [0.5, 0.6) is 0 Å². The first-order chi connectivity index (χ1) is 8.60. The van der Waals surface area contributed by atoms with Crippen molar-refractivity contribution in [3.63, 3.8) is 0 Å². The second kappa shape index (κ2) is 5.42. The number of alkyl carbamates (subject to hydrolysis) is 1. The first-order valence-electron chi connectivity index (χ1n) is 5.81. The molecular formula is C13H18F2N2O2. The van der Waals surface area contributed by atoms with Crippen LogP contribution in [0.4, 0.5) is 19.3 Å². The Balaban J connectivity index is 2.60. The van der Waals surface area contributed by atoms with Gasteiger partial charge in [0.15, 0.2) is 0 Å². The summed E-state index contributed by atoms with van der Waals surface area (Å²) in [6.45, 7) is 4.14. The molecule has 0 atom stereocenters. The summed E-state index contributed by atoms with van der Waals surface area (Å²) in [6.07, 6.45) is -0.873. The molecule has 1 aromatic rings. The molecule has 1 amide bonds. The van der Waals surface area contributed by atoms with E-state index >= 15 is 0 Å². The van der Waals surface area contributed by atoms with Gasteiger partial charge in [-0.25, -0.2) is 4.79 Å². The molecule has 6 heteroatoms. The van der Waals surface area contributed by atoms with Crippen molar-refractivity contribution in [3.8, 4) is 0 Å². The molecule has 106 valence electrons. The van der Waals surface area contributed by atoms with Gasteiger partial charge in [0.25, 0.3) is 5.92 Å². The number of benzene rings is 1. The SMILES string of the molecule is CC(C)(C)OC(=O)NCC(F)(F)c1ccc(N)cc1. The second-order valence-corrected chi connectivity index (χ2v) is 5.18. The summed E-state index contributed by atoms with van der Waals surface area (Å²) in [4.78, 5) is 11.3. The van der Waals surface area contributed by atoms with Crippen molar-refractivity contribution in [2.24, 2.45) is 0 Å². The highest BCUT2D eigenvalue weighted by atomic mass is 19.3. The van der Waals surface area contributed by atoms with E-state index in [1.165, 1.54) is 24.3 Å². The zero-order valence-electron chi connectivity index (χ0n) is 11.2. The lowest BCUT2D eigenvalue weighted by molar-refractivity contribution is -0.00910. The molecule has 1 rings (SSSR count). The van der Waals surface area contributed by atoms with Crippen LogP contribution in [-0.4, -0.2) is 18.2 Å². The van der Waals surface area contributed by atoms with Crippen molar-refractivity contribution in [2.75, 3.05) is 12.3 Å². The van der Waals surface area contributed by atoms with E-state index in [4.69, 9.17) is 10.5 Å². The largest absolute Gasteiger partial charge is 0.444 e. The molecule has 0 aliphatic carbocycles. The number of hydrogen-bond donors (Lipinski definition) is 2. The van der Waals surface area contributed by atoms with Crippen molar-refractivity contribution in [1.29, 1.82) is 0 Å². The number of carbonyl (C=O) groups excluding carboxylic acids is 1. The summed E-state index contributed by atoms with van der Waals surface area (Å²) in [5.41, 5.74) is 4.90. The number of ether oxygens (including phenoxy) is 1. The molecule has 0 aromatic heterocycles. The fourth-order valence-electron chi connectivity index (χ4n) is 1.33. The third-order valence-corrected chi connectivity index (χ3v) is 2.19. The van der Waals surface area contributed by atoms with E-state index in [9.17, 15) is 13.6 Å². The number of halogens is 2. The van der Waals surface area contributed by atoms with Gasteiger partial charge in [0, 0.05) is 11.3 Å². The molecule has 0 bridgehead atoms. The van der Waals surface area contributed by atoms with Gasteiger partial charge in [-0.1, -0.05) is 12.1 Å². The Morgan fingerprint density at radius 3 is 2.26 bits per heavy atom. The van der Waals surface area contributed by atoms with Gasteiger partial charge in [0.05, 0.1) is 6.54 Å². The predicted octanol–water partition coefficient (Wildman–Crippen LogP) is 2.89. The number of nitrogens with one attached hydrogen (secondary N) is 1. The molecule has 0 fully saturated rings. The van der Waals surface area contributed by atoms with Crippen LogP contribution >= 0.6 is 0 Å². The molecule has 0 aliphatic heterocycles. The van der Waals surface area contributed by atoms with Crippen LogP contribution in [0.3, 0.4) is 0 Å². The quantitative estimate of drug-likeness (QED) is 0.831. The van der Waals surface area contributed by atoms with Crippen LogP contribution in [-0.2, 0) is 10.7 Å². The summed E-state index contributed by atoms with van der Waals surface area (Å²) >= 11 is 0. The minimum atomic E-state index is -3.18. The fourth-order valence-corrected chi connectivity index (χ4v) is 1.33. The Bertz CT molecular complexity index is 439. The molecule has 0 unspecified atom stereocenters. The third-order valence-electron chi connectivity index (χ3n) is 2.19. The predicted molar refractivity (Wildman–Crippen MR) is 69.0 cm³/mol. The Labute approximate surface area is 110 Å². The lowest BCUT2D eigenvalue weighted by Gasteiger charge is -2.22. The smallest absolute Gasteiger partial charge is 0.407 e. The van der Waals surface area contributed by atoms with E-state index in [0.29, 0.717) is 5.69 Å². The van der Waals surface area contributed by atoms with Gasteiger partial charge in [-0.05, 0) is 32.9 Å². The van der Waals surface area contributed by atoms with Crippen molar-refractivity contribution < 1.29 is 18.3 Å². The highest BCUT2D eigenvalue weighted by molar-refractivity contribution is 5.67. The zero-order chi connectivity index (χ0) is 14.7. The van der Waals surface area contributed by atoms with E-state index in [-0.39, 0.29) is 5.56 Å². The number of carbonyl (C=O) groups is 1. The lowest BCUT2D eigenvalue weighted by atomic mass is 10.1. The summed E-state index contributed by atoms with van der Waals surface area (Å²) in [6, 6.07) is 5.23. The van der Waals surface area contributed by atoms with Gasteiger partial charge in [-0.2, -0.15) is 8.78 Å². The third kappa shape index (κ3) is 5.11. The normalized spacial score (nSPS) is 12.1. The topological polar surface area (TPSA) is 64.3 Å². The number of rotatable bonds is 3. The van der Waals surface area contributed by atoms with Crippen LogP contribution in [0.25, 0.3) is 0 Å². The average molecular weight is 272 g/mol. The van der Waals surface area contributed by atoms with Gasteiger partial charge in [-0.15, -0.1) is 0 Å². The molecule has 19 heavy (non-hydrogen) atoms. The summed E-state index contributed by atoms with van der Waals surface area (Å²) in [5.74, 6) is -3.18. The standard InChI is InChI=1S/C13H18F2N2O2/c1-12(2,3)19-11(18)17-8-13(14,15)9-4-6-10(16)7-5-9/h4-7H,8,16H2,1-3H3,(H,17,18). The van der Waals surface area contributed by atoms with E-state index in [1.807, 2.05) is 0 Å². The number of nitrogen functional groups attached to an aromatic ring is 1. The number of alkyl halides is 2. The van der Waals surface area contributed by atoms with Crippen LogP contribution in [0.1, 0.15) is 26.3 Å². The number of nitrogens with two attached hydrogens (primary N) is 1. The summed E-state index contributed by atoms with van der Waals surface area (Å²) in [5, 5.41) is 2.05. The molecule has 4 nitrogen and oxygen atoms in total. The van der Waals surface area contributed by atoms with E-state index in [0.717, 1.165) is 0 Å². The van der Waals surface area contributed by atoms with Crippen molar-refractivity contribution in [2.45, 2.75) is 32.3 Å². The maximum Gasteiger partial charge on any atom is 0.407 e. The first kappa shape index (κ1) is 15.2. The minimum Gasteiger partial charge on any atom is -0.444 e. The molecule has 0 spiro atoms. The Kier molecular flexibility index (Phi) is 4.34. The molecular weight excluding hydrogens is 254 g/mol. The van der Waals surface area contributed by atoms with Crippen molar-refractivity contribution >= 4 is 11.8 Å². The Morgan fingerprint density at radius 2 is 1.79 bits per heavy atom. The van der Waals surface area contributed by atoms with E-state index in [1.54, 1.807) is 20.8 Å². The molecule has 0 radical (unpaired) electrons. The second-order valence-electron chi connectivity index (χ2n) is 5.18. The van der Waals surface area contributed by atoms with Gasteiger partial charge in [0.2, 0.25) is 0 Å². The van der Waals surface area contributed by atoms with Crippen LogP contribution in [0.15, 0.2) is 24.3 Å². The summed E-state index contributed by atoms with van der Waals surface area (Å²) < 4.78 is 32.4. The monoisotopic (exact) mass is 272 g/mol. The van der Waals surface area contributed by atoms with E-state index < -0.39 is 24.2 Å². The highest BCUT2D eigenvalue weighted by Crippen LogP contribution is 2.27. The Morgan fingerprint density at radius 1 is 1.26 bits per heavy atom. The Hall–Kier alpha value is -1.85. The van der Waals surface area contributed by atoms with Gasteiger partial charge in [0.1, 0.15) is 5.60 Å². The van der Waals surface area contributed by atoms with Crippen molar-refractivity contribution in [1.82, 2.24) is 5.32 Å². The maximum absolute atomic E-state index is 13.8. The molecule has 0 saturated carbocycles. The highest BCUT2D eigenvalue weighted by Gasteiger charge is 2.32. The minimum absolute atomic E-state index is 0.210. The molecule has 0 saturated heterocycles.